The molecular weight excluding hydrogens is 274 g/mol. The Kier molecular flexibility index (Phi) is 11.1. The number of nitriles is 1. The van der Waals surface area contributed by atoms with Crippen molar-refractivity contribution in [2.24, 2.45) is 0 Å². The first-order chi connectivity index (χ1) is 10.9. The molecule has 0 bridgehead atoms. The smallest absolute Gasteiger partial charge is 0.119 e. The van der Waals surface area contributed by atoms with Crippen molar-refractivity contribution in [3.05, 3.63) is 29.8 Å². The van der Waals surface area contributed by atoms with Crippen LogP contribution in [0.4, 0.5) is 0 Å². The molecule has 0 saturated heterocycles. The molecule has 0 unspecified atom stereocenters. The van der Waals surface area contributed by atoms with Gasteiger partial charge in [0, 0.05) is 6.61 Å². The summed E-state index contributed by atoms with van der Waals surface area (Å²) in [5, 5.41) is 17.4. The Balaban J connectivity index is 1.86. The van der Waals surface area contributed by atoms with Crippen molar-refractivity contribution < 1.29 is 9.84 Å². The van der Waals surface area contributed by atoms with E-state index in [0.717, 1.165) is 25.2 Å². The molecular formula is C19H29NO2. The van der Waals surface area contributed by atoms with Crippen LogP contribution in [0.3, 0.4) is 0 Å². The summed E-state index contributed by atoms with van der Waals surface area (Å²) < 4.78 is 5.66. The molecule has 22 heavy (non-hydrogen) atoms. The summed E-state index contributed by atoms with van der Waals surface area (Å²) in [6.45, 7) is 1.09. The summed E-state index contributed by atoms with van der Waals surface area (Å²) in [5.74, 6) is 0.849. The highest BCUT2D eigenvalue weighted by Gasteiger charge is 1.96. The summed E-state index contributed by atoms with van der Waals surface area (Å²) in [5.41, 5.74) is 0.670. The van der Waals surface area contributed by atoms with Crippen LogP contribution < -0.4 is 4.74 Å². The Morgan fingerprint density at radius 3 is 1.77 bits per heavy atom. The van der Waals surface area contributed by atoms with Crippen molar-refractivity contribution in [1.29, 1.82) is 5.26 Å². The van der Waals surface area contributed by atoms with Gasteiger partial charge in [-0.2, -0.15) is 5.26 Å². The number of hydrogen-bond acceptors (Lipinski definition) is 3. The lowest BCUT2D eigenvalue weighted by Crippen LogP contribution is -1.97. The second kappa shape index (κ2) is 13.2. The lowest BCUT2D eigenvalue weighted by Gasteiger charge is -2.06. The summed E-state index contributed by atoms with van der Waals surface area (Å²) in [4.78, 5) is 0. The number of aliphatic hydroxyl groups is 1. The summed E-state index contributed by atoms with van der Waals surface area (Å²) in [7, 11) is 0. The molecule has 0 atom stereocenters. The van der Waals surface area contributed by atoms with Crippen molar-refractivity contribution in [1.82, 2.24) is 0 Å². The van der Waals surface area contributed by atoms with Crippen LogP contribution in [0, 0.1) is 11.3 Å². The van der Waals surface area contributed by atoms with Crippen LogP contribution in [0.25, 0.3) is 0 Å². The third-order valence-corrected chi connectivity index (χ3v) is 3.80. The zero-order valence-electron chi connectivity index (χ0n) is 13.6. The van der Waals surface area contributed by atoms with E-state index in [4.69, 9.17) is 15.1 Å². The maximum absolute atomic E-state index is 8.72. The molecule has 0 aliphatic heterocycles. The van der Waals surface area contributed by atoms with Crippen molar-refractivity contribution in [3.8, 4) is 11.8 Å². The number of ether oxygens (including phenoxy) is 1. The van der Waals surface area contributed by atoms with E-state index in [1.807, 2.05) is 12.1 Å². The van der Waals surface area contributed by atoms with Gasteiger partial charge in [0.05, 0.1) is 18.2 Å². The van der Waals surface area contributed by atoms with E-state index < -0.39 is 0 Å². The highest BCUT2D eigenvalue weighted by atomic mass is 16.5. The van der Waals surface area contributed by atoms with Crippen molar-refractivity contribution in [3.63, 3.8) is 0 Å². The third-order valence-electron chi connectivity index (χ3n) is 3.80. The molecule has 0 heterocycles. The van der Waals surface area contributed by atoms with Gasteiger partial charge in [-0.05, 0) is 37.1 Å². The Labute approximate surface area is 134 Å². The Morgan fingerprint density at radius 1 is 0.773 bits per heavy atom. The first kappa shape index (κ1) is 18.5. The normalized spacial score (nSPS) is 10.4. The zero-order valence-corrected chi connectivity index (χ0v) is 13.6. The summed E-state index contributed by atoms with van der Waals surface area (Å²) in [6, 6.07) is 9.39. The number of hydrogen-bond donors (Lipinski definition) is 1. The van der Waals surface area contributed by atoms with E-state index in [-0.39, 0.29) is 0 Å². The molecule has 0 aliphatic rings. The Bertz CT molecular complexity index is 408. The van der Waals surface area contributed by atoms with Gasteiger partial charge in [0.2, 0.25) is 0 Å². The van der Waals surface area contributed by atoms with Gasteiger partial charge in [0.25, 0.3) is 0 Å². The van der Waals surface area contributed by atoms with Crippen molar-refractivity contribution >= 4 is 0 Å². The zero-order chi connectivity index (χ0) is 15.9. The molecule has 122 valence electrons. The molecule has 3 heteroatoms. The lowest BCUT2D eigenvalue weighted by atomic mass is 10.1. The van der Waals surface area contributed by atoms with E-state index in [2.05, 4.69) is 6.07 Å². The highest BCUT2D eigenvalue weighted by Crippen LogP contribution is 2.13. The number of benzene rings is 1. The first-order valence-corrected chi connectivity index (χ1v) is 8.60. The van der Waals surface area contributed by atoms with E-state index in [1.165, 1.54) is 51.4 Å². The molecule has 0 fully saturated rings. The maximum atomic E-state index is 8.72. The maximum Gasteiger partial charge on any atom is 0.119 e. The molecule has 0 saturated carbocycles. The van der Waals surface area contributed by atoms with E-state index in [9.17, 15) is 0 Å². The van der Waals surface area contributed by atoms with Crippen LogP contribution in [0.5, 0.6) is 5.75 Å². The van der Waals surface area contributed by atoms with Crippen LogP contribution in [-0.2, 0) is 0 Å². The van der Waals surface area contributed by atoms with E-state index in [1.54, 1.807) is 12.1 Å². The monoisotopic (exact) mass is 303 g/mol. The number of aliphatic hydroxyl groups excluding tert-OH is 1. The average Bonchev–Trinajstić information content (AvgIpc) is 2.56. The molecule has 1 rings (SSSR count). The van der Waals surface area contributed by atoms with Gasteiger partial charge in [0.15, 0.2) is 0 Å². The predicted octanol–water partition coefficient (Wildman–Crippen LogP) is 4.83. The van der Waals surface area contributed by atoms with Gasteiger partial charge in [-0.15, -0.1) is 0 Å². The fourth-order valence-corrected chi connectivity index (χ4v) is 2.44. The lowest BCUT2D eigenvalue weighted by molar-refractivity contribution is 0.282. The van der Waals surface area contributed by atoms with E-state index in [0.29, 0.717) is 12.2 Å². The van der Waals surface area contributed by atoms with Gasteiger partial charge < -0.3 is 9.84 Å². The molecule has 3 nitrogen and oxygen atoms in total. The second-order valence-electron chi connectivity index (χ2n) is 5.74. The number of rotatable bonds is 13. The Morgan fingerprint density at radius 2 is 1.27 bits per heavy atom. The van der Waals surface area contributed by atoms with Gasteiger partial charge in [-0.1, -0.05) is 51.4 Å². The predicted molar refractivity (Wildman–Crippen MR) is 89.9 cm³/mol. The van der Waals surface area contributed by atoms with Crippen LogP contribution in [0.15, 0.2) is 24.3 Å². The van der Waals surface area contributed by atoms with Gasteiger partial charge >= 0.3 is 0 Å². The van der Waals surface area contributed by atoms with Gasteiger partial charge in [-0.3, -0.25) is 0 Å². The van der Waals surface area contributed by atoms with Crippen molar-refractivity contribution in [2.75, 3.05) is 13.2 Å². The summed E-state index contributed by atoms with van der Waals surface area (Å²) in [6.07, 6.45) is 12.3. The molecule has 0 aliphatic carbocycles. The number of unbranched alkanes of at least 4 members (excludes halogenated alkanes) is 9. The molecule has 0 aromatic heterocycles. The number of nitrogens with zero attached hydrogens (tertiary/aromatic N) is 1. The fourth-order valence-electron chi connectivity index (χ4n) is 2.44. The average molecular weight is 303 g/mol. The van der Waals surface area contributed by atoms with Gasteiger partial charge in [-0.25, -0.2) is 0 Å². The topological polar surface area (TPSA) is 53.2 Å². The first-order valence-electron chi connectivity index (χ1n) is 8.60. The van der Waals surface area contributed by atoms with Crippen LogP contribution >= 0.6 is 0 Å². The molecule has 0 spiro atoms. The molecule has 0 radical (unpaired) electrons. The van der Waals surface area contributed by atoms with E-state index >= 15 is 0 Å². The quantitative estimate of drug-likeness (QED) is 0.531. The molecule has 0 amide bonds. The molecule has 1 aromatic rings. The minimum Gasteiger partial charge on any atom is -0.494 e. The fraction of sp³-hybridized carbons (Fsp3) is 0.632. The Hall–Kier alpha value is -1.53. The minimum absolute atomic E-state index is 0.338. The largest absolute Gasteiger partial charge is 0.494 e. The SMILES string of the molecule is N#Cc1ccc(OCCCCCCCCCCCCO)cc1. The standard InChI is InChI=1S/C19H29NO2/c20-17-18-11-13-19(14-12-18)22-16-10-8-6-4-2-1-3-5-7-9-15-21/h11-14,21H,1-10,15-16H2. The van der Waals surface area contributed by atoms with Gasteiger partial charge in [0.1, 0.15) is 5.75 Å². The highest BCUT2D eigenvalue weighted by molar-refractivity contribution is 5.34. The van der Waals surface area contributed by atoms with Crippen LogP contribution in [0.1, 0.15) is 69.8 Å². The second-order valence-corrected chi connectivity index (χ2v) is 5.74. The van der Waals surface area contributed by atoms with Crippen LogP contribution in [0.2, 0.25) is 0 Å². The molecule has 1 N–H and O–H groups in total. The molecule has 1 aromatic carbocycles. The van der Waals surface area contributed by atoms with Crippen molar-refractivity contribution in [2.45, 2.75) is 64.2 Å². The van der Waals surface area contributed by atoms with Crippen LogP contribution in [-0.4, -0.2) is 18.3 Å². The third kappa shape index (κ3) is 9.41. The summed E-state index contributed by atoms with van der Waals surface area (Å²) >= 11 is 0. The minimum atomic E-state index is 0.338.